The first-order chi connectivity index (χ1) is 14.3. The van der Waals surface area contributed by atoms with Gasteiger partial charge in [-0.1, -0.05) is 50.6 Å². The first-order valence-corrected chi connectivity index (χ1v) is 11.3. The molecule has 0 aliphatic carbocycles. The van der Waals surface area contributed by atoms with Crippen LogP contribution in [0.25, 0.3) is 0 Å². The maximum atomic E-state index is 13.4. The average molecular weight is 449 g/mol. The van der Waals surface area contributed by atoms with Crippen LogP contribution in [0.2, 0.25) is 5.02 Å². The van der Waals surface area contributed by atoms with Gasteiger partial charge in [0.05, 0.1) is 18.2 Å². The summed E-state index contributed by atoms with van der Waals surface area (Å²) in [6, 6.07) is 11.8. The minimum Gasteiger partial charge on any atom is -0.356 e. The molecule has 0 saturated heterocycles. The number of benzene rings is 2. The van der Waals surface area contributed by atoms with E-state index in [0.29, 0.717) is 18.0 Å². The zero-order valence-electron chi connectivity index (χ0n) is 17.3. The SMILES string of the molecule is CC(C)CCNC(=O)C(C)C1Sc2ccccc2N(Cc2ccc(F)cc2Cl)C1=O. The van der Waals surface area contributed by atoms with E-state index in [1.165, 1.54) is 23.9 Å². The molecule has 0 fully saturated rings. The summed E-state index contributed by atoms with van der Waals surface area (Å²) in [5.41, 5.74) is 1.43. The molecule has 30 heavy (non-hydrogen) atoms. The highest BCUT2D eigenvalue weighted by Crippen LogP contribution is 2.42. The molecule has 2 aromatic carbocycles. The molecule has 0 bridgehead atoms. The fourth-order valence-electron chi connectivity index (χ4n) is 3.32. The minimum absolute atomic E-state index is 0.124. The fraction of sp³-hybridized carbons (Fsp3) is 0.391. The van der Waals surface area contributed by atoms with Gasteiger partial charge in [0, 0.05) is 16.5 Å². The van der Waals surface area contributed by atoms with Gasteiger partial charge >= 0.3 is 0 Å². The second-order valence-electron chi connectivity index (χ2n) is 7.93. The van der Waals surface area contributed by atoms with Crippen LogP contribution in [0.15, 0.2) is 47.4 Å². The van der Waals surface area contributed by atoms with Gasteiger partial charge in [0.1, 0.15) is 11.1 Å². The molecule has 1 heterocycles. The summed E-state index contributed by atoms with van der Waals surface area (Å²) in [4.78, 5) is 28.7. The monoisotopic (exact) mass is 448 g/mol. The van der Waals surface area contributed by atoms with Gasteiger partial charge in [-0.3, -0.25) is 9.59 Å². The zero-order valence-corrected chi connectivity index (χ0v) is 18.9. The molecule has 1 N–H and O–H groups in total. The smallest absolute Gasteiger partial charge is 0.241 e. The molecule has 1 aliphatic rings. The van der Waals surface area contributed by atoms with E-state index in [9.17, 15) is 14.0 Å². The maximum Gasteiger partial charge on any atom is 0.241 e. The number of anilines is 1. The number of nitrogens with zero attached hydrogens (tertiary/aromatic N) is 1. The summed E-state index contributed by atoms with van der Waals surface area (Å²) in [7, 11) is 0. The van der Waals surface area contributed by atoms with Gasteiger partial charge in [-0.05, 0) is 42.2 Å². The molecule has 2 amide bonds. The highest BCUT2D eigenvalue weighted by atomic mass is 35.5. The van der Waals surface area contributed by atoms with Crippen LogP contribution in [-0.2, 0) is 16.1 Å². The van der Waals surface area contributed by atoms with E-state index < -0.39 is 17.0 Å². The van der Waals surface area contributed by atoms with Gasteiger partial charge in [-0.2, -0.15) is 0 Å². The number of amides is 2. The third-order valence-corrected chi connectivity index (χ3v) is 6.97. The second kappa shape index (κ2) is 9.84. The molecule has 0 spiro atoms. The van der Waals surface area contributed by atoms with Gasteiger partial charge in [0.2, 0.25) is 11.8 Å². The lowest BCUT2D eigenvalue weighted by Gasteiger charge is -2.36. The third kappa shape index (κ3) is 5.16. The van der Waals surface area contributed by atoms with Crippen LogP contribution in [0.5, 0.6) is 0 Å². The van der Waals surface area contributed by atoms with Gasteiger partial charge in [-0.25, -0.2) is 4.39 Å². The van der Waals surface area contributed by atoms with Gasteiger partial charge in [0.15, 0.2) is 0 Å². The Morgan fingerprint density at radius 1 is 1.23 bits per heavy atom. The van der Waals surface area contributed by atoms with Crippen LogP contribution in [0, 0.1) is 17.7 Å². The molecule has 7 heteroatoms. The highest BCUT2D eigenvalue weighted by molar-refractivity contribution is 8.01. The number of carbonyl (C=O) groups excluding carboxylic acids is 2. The van der Waals surface area contributed by atoms with Gasteiger partial charge in [0.25, 0.3) is 0 Å². The Bertz CT molecular complexity index is 937. The Morgan fingerprint density at radius 2 is 1.97 bits per heavy atom. The van der Waals surface area contributed by atoms with Crippen LogP contribution in [0.1, 0.15) is 32.8 Å². The summed E-state index contributed by atoms with van der Waals surface area (Å²) in [6.45, 7) is 6.81. The highest BCUT2D eigenvalue weighted by Gasteiger charge is 2.39. The van der Waals surface area contributed by atoms with Crippen molar-refractivity contribution in [3.63, 3.8) is 0 Å². The van der Waals surface area contributed by atoms with E-state index in [2.05, 4.69) is 19.2 Å². The molecule has 0 radical (unpaired) electrons. The van der Waals surface area contributed by atoms with Crippen molar-refractivity contribution in [3.05, 3.63) is 58.9 Å². The van der Waals surface area contributed by atoms with Crippen LogP contribution in [0.4, 0.5) is 10.1 Å². The molecule has 0 aromatic heterocycles. The topological polar surface area (TPSA) is 49.4 Å². The first-order valence-electron chi connectivity index (χ1n) is 10.1. The van der Waals surface area contributed by atoms with Crippen LogP contribution < -0.4 is 10.2 Å². The summed E-state index contributed by atoms with van der Waals surface area (Å²) in [5.74, 6) is -0.691. The van der Waals surface area contributed by atoms with Crippen molar-refractivity contribution in [2.24, 2.45) is 11.8 Å². The lowest BCUT2D eigenvalue weighted by Crippen LogP contribution is -2.47. The van der Waals surface area contributed by atoms with E-state index >= 15 is 0 Å². The summed E-state index contributed by atoms with van der Waals surface area (Å²) < 4.78 is 13.4. The summed E-state index contributed by atoms with van der Waals surface area (Å²) >= 11 is 7.63. The molecule has 2 atom stereocenters. The Hall–Kier alpha value is -2.05. The fourth-order valence-corrected chi connectivity index (χ4v) is 4.83. The maximum absolute atomic E-state index is 13.4. The van der Waals surface area contributed by atoms with E-state index in [-0.39, 0.29) is 23.4 Å². The van der Waals surface area contributed by atoms with Crippen molar-refractivity contribution in [2.75, 3.05) is 11.4 Å². The molecule has 2 aromatic rings. The Morgan fingerprint density at radius 3 is 2.67 bits per heavy atom. The van der Waals surface area contributed by atoms with Gasteiger partial charge < -0.3 is 10.2 Å². The van der Waals surface area contributed by atoms with E-state index in [4.69, 9.17) is 11.6 Å². The second-order valence-corrected chi connectivity index (χ2v) is 9.52. The van der Waals surface area contributed by atoms with Crippen molar-refractivity contribution >= 4 is 40.9 Å². The number of hydrogen-bond acceptors (Lipinski definition) is 3. The van der Waals surface area contributed by atoms with Crippen LogP contribution >= 0.6 is 23.4 Å². The lowest BCUT2D eigenvalue weighted by molar-refractivity contribution is -0.128. The molecule has 3 rings (SSSR count). The number of hydrogen-bond donors (Lipinski definition) is 1. The molecule has 2 unspecified atom stereocenters. The van der Waals surface area contributed by atoms with Crippen molar-refractivity contribution in [3.8, 4) is 0 Å². The third-order valence-electron chi connectivity index (χ3n) is 5.15. The van der Waals surface area contributed by atoms with Crippen molar-refractivity contribution in [1.82, 2.24) is 5.32 Å². The quantitative estimate of drug-likeness (QED) is 0.626. The average Bonchev–Trinajstić information content (AvgIpc) is 2.70. The predicted octanol–water partition coefficient (Wildman–Crippen LogP) is 5.29. The molecular weight excluding hydrogens is 423 g/mol. The molecule has 0 saturated carbocycles. The van der Waals surface area contributed by atoms with Crippen LogP contribution in [0.3, 0.4) is 0 Å². The Balaban J connectivity index is 1.84. The number of rotatable bonds is 7. The summed E-state index contributed by atoms with van der Waals surface area (Å²) in [5, 5.41) is 2.68. The van der Waals surface area contributed by atoms with Crippen molar-refractivity contribution in [1.29, 1.82) is 0 Å². The molecule has 1 aliphatic heterocycles. The van der Waals surface area contributed by atoms with Crippen LogP contribution in [-0.4, -0.2) is 23.6 Å². The normalized spacial score (nSPS) is 17.1. The molecule has 4 nitrogen and oxygen atoms in total. The summed E-state index contributed by atoms with van der Waals surface area (Å²) in [6.07, 6.45) is 0.891. The van der Waals surface area contributed by atoms with Crippen molar-refractivity contribution in [2.45, 2.75) is 43.9 Å². The number of fused-ring (bicyclic) bond motifs is 1. The zero-order chi connectivity index (χ0) is 21.8. The lowest BCUT2D eigenvalue weighted by atomic mass is 10.0. The molecular formula is C23H26ClFN2O2S. The Labute approximate surface area is 186 Å². The van der Waals surface area contributed by atoms with Crippen molar-refractivity contribution < 1.29 is 14.0 Å². The van der Waals surface area contributed by atoms with E-state index in [1.807, 2.05) is 24.3 Å². The molecule has 160 valence electrons. The minimum atomic E-state index is -0.543. The van der Waals surface area contributed by atoms with Gasteiger partial charge in [-0.15, -0.1) is 11.8 Å². The number of para-hydroxylation sites is 1. The first kappa shape index (κ1) is 22.6. The standard InChI is InChI=1S/C23H26ClFN2O2S/c1-14(2)10-11-26-22(28)15(3)21-23(29)27(19-6-4-5-7-20(19)30-21)13-16-8-9-17(25)12-18(16)24/h4-9,12,14-15,21H,10-11,13H2,1-3H3,(H,26,28). The number of halogens is 2. The predicted molar refractivity (Wildman–Crippen MR) is 120 cm³/mol. The largest absolute Gasteiger partial charge is 0.356 e. The number of nitrogens with one attached hydrogen (secondary N) is 1. The Kier molecular flexibility index (Phi) is 7.42. The van der Waals surface area contributed by atoms with E-state index in [1.54, 1.807) is 17.9 Å². The number of thioether (sulfide) groups is 1. The number of carbonyl (C=O) groups is 2. The van der Waals surface area contributed by atoms with E-state index in [0.717, 1.165) is 17.0 Å².